The van der Waals surface area contributed by atoms with Crippen LogP contribution in [0.3, 0.4) is 0 Å². The first kappa shape index (κ1) is 23.1. The van der Waals surface area contributed by atoms with Gasteiger partial charge in [-0.3, -0.25) is 0 Å². The third-order valence-electron chi connectivity index (χ3n) is 5.41. The quantitative estimate of drug-likeness (QED) is 0.424. The predicted molar refractivity (Wildman–Crippen MR) is 126 cm³/mol. The van der Waals surface area contributed by atoms with Gasteiger partial charge in [0.2, 0.25) is 0 Å². The van der Waals surface area contributed by atoms with Gasteiger partial charge in [0.1, 0.15) is 0 Å². The fourth-order valence-corrected chi connectivity index (χ4v) is 3.91. The molecule has 0 fully saturated rings. The Labute approximate surface area is 194 Å². The van der Waals surface area contributed by atoms with Gasteiger partial charge in [-0.05, 0) is 78.4 Å². The highest BCUT2D eigenvalue weighted by Crippen LogP contribution is 2.22. The van der Waals surface area contributed by atoms with Crippen LogP contribution in [0.4, 0.5) is 0 Å². The lowest BCUT2D eigenvalue weighted by molar-refractivity contribution is 0.530. The van der Waals surface area contributed by atoms with Crippen LogP contribution >= 0.6 is 11.6 Å². The molecule has 4 nitrogen and oxygen atoms in total. The van der Waals surface area contributed by atoms with E-state index in [0.717, 1.165) is 41.5 Å². The van der Waals surface area contributed by atoms with Crippen LogP contribution in [0, 0.1) is 34.0 Å². The molecule has 3 aromatic carbocycles. The number of hydrogen-bond donors (Lipinski definition) is 1. The van der Waals surface area contributed by atoms with E-state index < -0.39 is 0 Å². The van der Waals surface area contributed by atoms with Crippen molar-refractivity contribution in [1.29, 1.82) is 15.8 Å². The van der Waals surface area contributed by atoms with Gasteiger partial charge in [0, 0.05) is 11.1 Å². The van der Waals surface area contributed by atoms with Gasteiger partial charge in [0.05, 0.1) is 35.8 Å². The van der Waals surface area contributed by atoms with Crippen molar-refractivity contribution in [3.8, 4) is 18.2 Å². The topological polar surface area (TPSA) is 83.4 Å². The van der Waals surface area contributed by atoms with Gasteiger partial charge in [-0.1, -0.05) is 48.0 Å². The Kier molecular flexibility index (Phi) is 8.42. The standard InChI is InChI=1S/C27H23ClN4/c28-25-11-9-20(10-12-25)16-22-5-2-7-24(19-31)26(22)8-3-15-32-27(13-14-29)23-6-1-4-21(17-23)18-30/h1-2,4-7,9-12,17,27,32H,3,8,13,15-16H2. The number of nitrogens with one attached hydrogen (secondary N) is 1. The minimum Gasteiger partial charge on any atom is -0.309 e. The van der Waals surface area contributed by atoms with Gasteiger partial charge >= 0.3 is 0 Å². The van der Waals surface area contributed by atoms with Crippen molar-refractivity contribution in [1.82, 2.24) is 5.32 Å². The SMILES string of the molecule is N#CCC(NCCCc1c(C#N)cccc1Cc1ccc(Cl)cc1)c1cccc(C#N)c1. The van der Waals surface area contributed by atoms with E-state index in [4.69, 9.17) is 16.9 Å². The zero-order valence-corrected chi connectivity index (χ0v) is 18.4. The minimum absolute atomic E-state index is 0.131. The third kappa shape index (κ3) is 6.19. The van der Waals surface area contributed by atoms with Crippen molar-refractivity contribution < 1.29 is 0 Å². The van der Waals surface area contributed by atoms with Crippen molar-refractivity contribution in [2.45, 2.75) is 31.7 Å². The first-order valence-corrected chi connectivity index (χ1v) is 10.9. The molecule has 0 aliphatic carbocycles. The largest absolute Gasteiger partial charge is 0.309 e. The third-order valence-corrected chi connectivity index (χ3v) is 5.66. The molecule has 0 saturated heterocycles. The number of halogens is 1. The summed E-state index contributed by atoms with van der Waals surface area (Å²) in [5.74, 6) is 0. The fraction of sp³-hybridized carbons (Fsp3) is 0.222. The van der Waals surface area contributed by atoms with Crippen LogP contribution in [-0.2, 0) is 12.8 Å². The lowest BCUT2D eigenvalue weighted by Crippen LogP contribution is -2.23. The Morgan fingerprint density at radius 2 is 1.69 bits per heavy atom. The molecular formula is C27H23ClN4. The van der Waals surface area contributed by atoms with Crippen molar-refractivity contribution in [3.05, 3.63) is 105 Å². The van der Waals surface area contributed by atoms with Crippen molar-refractivity contribution in [2.75, 3.05) is 6.54 Å². The average Bonchev–Trinajstić information content (AvgIpc) is 2.83. The summed E-state index contributed by atoms with van der Waals surface area (Å²) < 4.78 is 0. The summed E-state index contributed by atoms with van der Waals surface area (Å²) in [4.78, 5) is 0. The maximum Gasteiger partial charge on any atom is 0.0994 e. The summed E-state index contributed by atoms with van der Waals surface area (Å²) in [6.45, 7) is 0.698. The Hall–Kier alpha value is -3.62. The molecule has 158 valence electrons. The molecule has 0 spiro atoms. The average molecular weight is 439 g/mol. The van der Waals surface area contributed by atoms with E-state index in [-0.39, 0.29) is 6.04 Å². The molecule has 3 aromatic rings. The summed E-state index contributed by atoms with van der Waals surface area (Å²) >= 11 is 6.00. The van der Waals surface area contributed by atoms with E-state index in [2.05, 4.69) is 29.6 Å². The van der Waals surface area contributed by atoms with Crippen LogP contribution in [-0.4, -0.2) is 6.54 Å². The van der Waals surface area contributed by atoms with Gasteiger partial charge < -0.3 is 5.32 Å². The highest BCUT2D eigenvalue weighted by molar-refractivity contribution is 6.30. The fourth-order valence-electron chi connectivity index (χ4n) is 3.79. The highest BCUT2D eigenvalue weighted by atomic mass is 35.5. The second-order valence-electron chi connectivity index (χ2n) is 7.57. The first-order valence-electron chi connectivity index (χ1n) is 10.5. The highest BCUT2D eigenvalue weighted by Gasteiger charge is 2.13. The van der Waals surface area contributed by atoms with Gasteiger partial charge in [-0.25, -0.2) is 0 Å². The summed E-state index contributed by atoms with van der Waals surface area (Å²) in [5, 5.41) is 32.1. The molecule has 1 unspecified atom stereocenters. The molecule has 0 radical (unpaired) electrons. The molecule has 1 N–H and O–H groups in total. The Bertz CT molecular complexity index is 1180. The Morgan fingerprint density at radius 3 is 2.41 bits per heavy atom. The molecule has 0 aromatic heterocycles. The van der Waals surface area contributed by atoms with E-state index >= 15 is 0 Å². The van der Waals surface area contributed by atoms with E-state index in [1.807, 2.05) is 54.6 Å². The Morgan fingerprint density at radius 1 is 0.906 bits per heavy atom. The molecule has 0 bridgehead atoms. The summed E-state index contributed by atoms with van der Waals surface area (Å²) in [6, 6.07) is 27.6. The second kappa shape index (κ2) is 11.7. The van der Waals surface area contributed by atoms with Crippen LogP contribution < -0.4 is 5.32 Å². The number of nitriles is 3. The van der Waals surface area contributed by atoms with E-state index in [1.165, 1.54) is 0 Å². The summed E-state index contributed by atoms with van der Waals surface area (Å²) in [6.07, 6.45) is 2.66. The number of hydrogen-bond acceptors (Lipinski definition) is 4. The number of benzene rings is 3. The van der Waals surface area contributed by atoms with Crippen LogP contribution in [0.1, 0.15) is 52.3 Å². The number of nitrogens with zero attached hydrogens (tertiary/aromatic N) is 3. The van der Waals surface area contributed by atoms with E-state index in [9.17, 15) is 10.5 Å². The van der Waals surface area contributed by atoms with Gasteiger partial charge in [0.25, 0.3) is 0 Å². The van der Waals surface area contributed by atoms with Crippen LogP contribution in [0.15, 0.2) is 66.7 Å². The maximum absolute atomic E-state index is 9.61. The minimum atomic E-state index is -0.131. The lowest BCUT2D eigenvalue weighted by Gasteiger charge is -2.17. The normalized spacial score (nSPS) is 11.2. The zero-order valence-electron chi connectivity index (χ0n) is 17.7. The molecule has 0 aliphatic rings. The van der Waals surface area contributed by atoms with E-state index in [1.54, 1.807) is 6.07 Å². The van der Waals surface area contributed by atoms with Crippen LogP contribution in [0.5, 0.6) is 0 Å². The van der Waals surface area contributed by atoms with Gasteiger partial charge in [-0.2, -0.15) is 15.8 Å². The number of rotatable bonds is 9. The van der Waals surface area contributed by atoms with Gasteiger partial charge in [0.15, 0.2) is 0 Å². The lowest BCUT2D eigenvalue weighted by atomic mass is 9.93. The molecule has 0 heterocycles. The molecule has 0 saturated carbocycles. The molecule has 32 heavy (non-hydrogen) atoms. The maximum atomic E-state index is 9.61. The van der Waals surface area contributed by atoms with Crippen molar-refractivity contribution in [3.63, 3.8) is 0 Å². The van der Waals surface area contributed by atoms with Crippen LogP contribution in [0.2, 0.25) is 5.02 Å². The van der Waals surface area contributed by atoms with Crippen molar-refractivity contribution >= 4 is 11.6 Å². The molecular weight excluding hydrogens is 416 g/mol. The monoisotopic (exact) mass is 438 g/mol. The van der Waals surface area contributed by atoms with Crippen molar-refractivity contribution in [2.24, 2.45) is 0 Å². The molecule has 1 atom stereocenters. The molecule has 3 rings (SSSR count). The molecule has 0 aliphatic heterocycles. The summed E-state index contributed by atoms with van der Waals surface area (Å²) in [5.41, 5.74) is 5.58. The Balaban J connectivity index is 1.68. The zero-order chi connectivity index (χ0) is 22.8. The predicted octanol–water partition coefficient (Wildman–Crippen LogP) is 5.85. The smallest absolute Gasteiger partial charge is 0.0994 e. The molecule has 5 heteroatoms. The van der Waals surface area contributed by atoms with E-state index in [0.29, 0.717) is 29.1 Å². The summed E-state index contributed by atoms with van der Waals surface area (Å²) in [7, 11) is 0. The second-order valence-corrected chi connectivity index (χ2v) is 8.00. The van der Waals surface area contributed by atoms with Crippen LogP contribution in [0.25, 0.3) is 0 Å². The van der Waals surface area contributed by atoms with Gasteiger partial charge in [-0.15, -0.1) is 0 Å². The molecule has 0 amide bonds. The first-order chi connectivity index (χ1) is 15.6.